The van der Waals surface area contributed by atoms with Crippen molar-refractivity contribution in [1.29, 1.82) is 5.26 Å². The summed E-state index contributed by atoms with van der Waals surface area (Å²) in [5.74, 6) is 1.65. The van der Waals surface area contributed by atoms with Gasteiger partial charge in [-0.25, -0.2) is 0 Å². The van der Waals surface area contributed by atoms with Crippen molar-refractivity contribution in [2.45, 2.75) is 119 Å². The predicted octanol–water partition coefficient (Wildman–Crippen LogP) is 13.4. The second-order valence-corrected chi connectivity index (χ2v) is 14.3. The fourth-order valence-corrected chi connectivity index (χ4v) is 6.76. The third-order valence-corrected chi connectivity index (χ3v) is 10.3. The summed E-state index contributed by atoms with van der Waals surface area (Å²) < 4.78 is 6.01. The summed E-state index contributed by atoms with van der Waals surface area (Å²) in [7, 11) is 1.67. The van der Waals surface area contributed by atoms with Gasteiger partial charge < -0.3 is 15.0 Å². The number of unbranched alkanes of at least 4 members (excludes halogenated alkanes) is 3. The number of benzene rings is 2. The first-order valence-corrected chi connectivity index (χ1v) is 19.9. The molecule has 0 spiro atoms. The van der Waals surface area contributed by atoms with Crippen LogP contribution >= 0.6 is 11.3 Å². The summed E-state index contributed by atoms with van der Waals surface area (Å²) in [6.07, 6.45) is 13.0. The van der Waals surface area contributed by atoms with Crippen LogP contribution in [0.25, 0.3) is 0 Å². The number of thiophene rings is 1. The Bertz CT molecular complexity index is 1570. The molecule has 0 aliphatic heterocycles. The van der Waals surface area contributed by atoms with Crippen molar-refractivity contribution in [3.8, 4) is 11.8 Å². The summed E-state index contributed by atoms with van der Waals surface area (Å²) in [4.78, 5) is 15.3. The molecule has 2 unspecified atom stereocenters. The van der Waals surface area contributed by atoms with E-state index in [1.54, 1.807) is 13.2 Å². The van der Waals surface area contributed by atoms with Gasteiger partial charge in [-0.3, -0.25) is 4.79 Å². The van der Waals surface area contributed by atoms with Crippen LogP contribution in [0.2, 0.25) is 0 Å². The van der Waals surface area contributed by atoms with Crippen LogP contribution < -0.4 is 15.0 Å². The van der Waals surface area contributed by atoms with Crippen LogP contribution in [0.3, 0.4) is 0 Å². The summed E-state index contributed by atoms with van der Waals surface area (Å²) >= 11 is 1.24. The van der Waals surface area contributed by atoms with Crippen LogP contribution in [0.1, 0.15) is 123 Å². The first-order valence-electron chi connectivity index (χ1n) is 19.1. The van der Waals surface area contributed by atoms with Crippen LogP contribution in [0.15, 0.2) is 62.9 Å². The van der Waals surface area contributed by atoms with Gasteiger partial charge in [-0.05, 0) is 67.3 Å². The van der Waals surface area contributed by atoms with Crippen LogP contribution in [-0.4, -0.2) is 26.1 Å². The van der Waals surface area contributed by atoms with E-state index in [9.17, 15) is 10.1 Å². The molecule has 276 valence electrons. The Balaban J connectivity index is 2.00. The van der Waals surface area contributed by atoms with Crippen molar-refractivity contribution >= 4 is 50.0 Å². The lowest BCUT2D eigenvalue weighted by Gasteiger charge is -2.34. The first-order chi connectivity index (χ1) is 24.8. The van der Waals surface area contributed by atoms with Gasteiger partial charge in [0, 0.05) is 25.6 Å². The van der Waals surface area contributed by atoms with E-state index in [2.05, 4.69) is 83.5 Å². The number of aryl methyl sites for hydroxylation is 1. The zero-order valence-corrected chi connectivity index (χ0v) is 32.8. The summed E-state index contributed by atoms with van der Waals surface area (Å²) in [6, 6.07) is 15.8. The number of rotatable bonds is 23. The number of hydrogen-bond acceptors (Lipinski definition) is 9. The molecule has 10 heteroatoms. The molecule has 0 bridgehead atoms. The molecule has 0 aliphatic rings. The van der Waals surface area contributed by atoms with Crippen molar-refractivity contribution in [3.63, 3.8) is 0 Å². The number of nitrogens with one attached hydrogen (secondary N) is 1. The fraction of sp³-hybridized carbons (Fsp3) is 0.561. The number of amides is 1. The molecule has 0 saturated carbocycles. The standard InChI is InChI=1S/C41H59N7O2S/c1-8-14-17-30(11-4)28-48(29-31(12-5)18-15-9-2)37-25-35(43-39(49)13-6)36(26-38(37)50-7)45-47-41-33(27-42)24-40(51-41)46-44-34-22-20-32(21-23-34)19-16-10-3/h20-26,30-31H,8-19,28-29H2,1-7H3,(H,43,49). The van der Waals surface area contributed by atoms with Crippen molar-refractivity contribution in [3.05, 3.63) is 53.6 Å². The number of methoxy groups -OCH3 is 1. The topological polar surface area (TPSA) is 115 Å². The molecular weight excluding hydrogens is 655 g/mol. The van der Waals surface area contributed by atoms with Gasteiger partial charge in [-0.15, -0.1) is 20.5 Å². The SMILES string of the molecule is CCCCc1ccc(N=Nc2cc(C#N)c(N=Nc3cc(OC)c(N(CC(CC)CCCC)CC(CC)CCCC)cc3NC(=O)CC)s2)cc1. The van der Waals surface area contributed by atoms with Crippen LogP contribution in [-0.2, 0) is 11.2 Å². The molecule has 1 heterocycles. The highest BCUT2D eigenvalue weighted by Gasteiger charge is 2.23. The molecule has 1 N–H and O–H groups in total. The van der Waals surface area contributed by atoms with Crippen LogP contribution in [0, 0.1) is 23.2 Å². The molecule has 3 aromatic rings. The number of carbonyl (C=O) groups excluding carboxylic acids is 1. The van der Waals surface area contributed by atoms with E-state index >= 15 is 0 Å². The molecule has 0 saturated heterocycles. The maximum absolute atomic E-state index is 12.8. The minimum Gasteiger partial charge on any atom is -0.494 e. The van der Waals surface area contributed by atoms with E-state index in [4.69, 9.17) is 4.74 Å². The molecule has 2 aromatic carbocycles. The molecule has 1 aromatic heterocycles. The van der Waals surface area contributed by atoms with Gasteiger partial charge in [0.1, 0.15) is 22.5 Å². The quantitative estimate of drug-likeness (QED) is 0.0985. The van der Waals surface area contributed by atoms with Gasteiger partial charge in [-0.2, -0.15) is 5.26 Å². The Morgan fingerprint density at radius 2 is 1.51 bits per heavy atom. The molecule has 0 radical (unpaired) electrons. The predicted molar refractivity (Wildman–Crippen MR) is 213 cm³/mol. The van der Waals surface area contributed by atoms with Gasteiger partial charge in [0.25, 0.3) is 0 Å². The summed E-state index contributed by atoms with van der Waals surface area (Å²) in [6.45, 7) is 14.9. The summed E-state index contributed by atoms with van der Waals surface area (Å²) in [5.41, 5.74) is 4.35. The van der Waals surface area contributed by atoms with Crippen molar-refractivity contribution in [1.82, 2.24) is 0 Å². The third-order valence-electron chi connectivity index (χ3n) is 9.36. The number of hydrogen-bond donors (Lipinski definition) is 1. The van der Waals surface area contributed by atoms with Crippen molar-refractivity contribution in [2.75, 3.05) is 30.4 Å². The number of nitrogens with zero attached hydrogens (tertiary/aromatic N) is 6. The van der Waals surface area contributed by atoms with Crippen LogP contribution in [0.5, 0.6) is 5.75 Å². The van der Waals surface area contributed by atoms with E-state index in [1.807, 2.05) is 31.2 Å². The van der Waals surface area contributed by atoms with E-state index in [0.717, 1.165) is 56.6 Å². The molecule has 51 heavy (non-hydrogen) atoms. The lowest BCUT2D eigenvalue weighted by atomic mass is 9.95. The molecule has 9 nitrogen and oxygen atoms in total. The number of ether oxygens (including phenoxy) is 1. The van der Waals surface area contributed by atoms with E-state index < -0.39 is 0 Å². The Kier molecular flexibility index (Phi) is 18.4. The monoisotopic (exact) mass is 713 g/mol. The Hall–Kier alpha value is -4.10. The Labute approximate surface area is 310 Å². The minimum absolute atomic E-state index is 0.118. The van der Waals surface area contributed by atoms with Crippen molar-refractivity contribution < 1.29 is 9.53 Å². The number of azo groups is 2. The fourth-order valence-electron chi connectivity index (χ4n) is 6.01. The second kappa shape index (κ2) is 22.7. The highest BCUT2D eigenvalue weighted by molar-refractivity contribution is 7.19. The largest absolute Gasteiger partial charge is 0.494 e. The third kappa shape index (κ3) is 13.2. The lowest BCUT2D eigenvalue weighted by Crippen LogP contribution is -2.34. The highest BCUT2D eigenvalue weighted by atomic mass is 32.1. The maximum Gasteiger partial charge on any atom is 0.224 e. The molecule has 0 aliphatic carbocycles. The smallest absolute Gasteiger partial charge is 0.224 e. The Morgan fingerprint density at radius 3 is 2.06 bits per heavy atom. The van der Waals surface area contributed by atoms with Crippen molar-refractivity contribution in [2.24, 2.45) is 32.3 Å². The van der Waals surface area contributed by atoms with Gasteiger partial charge in [0.15, 0.2) is 5.00 Å². The second-order valence-electron chi connectivity index (χ2n) is 13.3. The number of anilines is 2. The molecular formula is C41H59N7O2S. The highest BCUT2D eigenvalue weighted by Crippen LogP contribution is 2.43. The average Bonchev–Trinajstić information content (AvgIpc) is 3.57. The first kappa shape index (κ1) is 41.3. The van der Waals surface area contributed by atoms with Gasteiger partial charge >= 0.3 is 0 Å². The number of nitriles is 1. The van der Waals surface area contributed by atoms with E-state index in [0.29, 0.717) is 50.9 Å². The normalized spacial score (nSPS) is 12.7. The van der Waals surface area contributed by atoms with Crippen LogP contribution in [0.4, 0.5) is 32.8 Å². The van der Waals surface area contributed by atoms with Gasteiger partial charge in [0.2, 0.25) is 5.91 Å². The molecule has 0 fully saturated rings. The Morgan fingerprint density at radius 1 is 0.863 bits per heavy atom. The zero-order valence-electron chi connectivity index (χ0n) is 32.0. The van der Waals surface area contributed by atoms with E-state index in [-0.39, 0.29) is 5.91 Å². The lowest BCUT2D eigenvalue weighted by molar-refractivity contribution is -0.115. The molecule has 1 amide bonds. The summed E-state index contributed by atoms with van der Waals surface area (Å²) in [5, 5.41) is 31.8. The minimum atomic E-state index is -0.118. The number of carbonyl (C=O) groups is 1. The molecule has 3 rings (SSSR count). The van der Waals surface area contributed by atoms with Gasteiger partial charge in [-0.1, -0.05) is 110 Å². The average molecular weight is 714 g/mol. The van der Waals surface area contributed by atoms with Gasteiger partial charge in [0.05, 0.1) is 29.7 Å². The van der Waals surface area contributed by atoms with E-state index in [1.165, 1.54) is 55.4 Å². The zero-order chi connectivity index (χ0) is 37.0. The molecule has 2 atom stereocenters. The maximum atomic E-state index is 12.8.